The maximum absolute atomic E-state index is 13.4. The van der Waals surface area contributed by atoms with E-state index in [0.29, 0.717) is 17.6 Å². The Balaban J connectivity index is 1.12. The van der Waals surface area contributed by atoms with Gasteiger partial charge in [-0.05, 0) is 12.3 Å². The third kappa shape index (κ3) is 4.22. The minimum atomic E-state index is -4.91. The first-order valence-electron chi connectivity index (χ1n) is 13.4. The van der Waals surface area contributed by atoms with Gasteiger partial charge in [-0.3, -0.25) is 18.2 Å². The van der Waals surface area contributed by atoms with Crippen LogP contribution in [0.1, 0.15) is 18.7 Å². The van der Waals surface area contributed by atoms with E-state index in [1.807, 2.05) is 0 Å². The number of aromatic nitrogens is 8. The molecule has 2 unspecified atom stereocenters. The van der Waals surface area contributed by atoms with Gasteiger partial charge in [-0.15, -0.1) is 0 Å². The van der Waals surface area contributed by atoms with Crippen LogP contribution >= 0.6 is 16.1 Å². The molecular formula is C22H26N10O10P2. The SMILES string of the molecule is Nc1ncnc2c1ncn2[C@H]1[C@H](O)[C@@H]2O[PH](=O)OC[C@H]3O[C@@H](n4cnc5c(N)ncnc54)[C@H](OP(=O)(O)OC[C@]24C[C@H]14)[C@@H]3O. The number of nitrogens with zero attached hydrogens (tertiary/aromatic N) is 8. The molecule has 20 nitrogen and oxygen atoms in total. The number of anilines is 2. The fourth-order valence-electron chi connectivity index (χ4n) is 6.70. The zero-order valence-electron chi connectivity index (χ0n) is 22.4. The maximum Gasteiger partial charge on any atom is 0.472 e. The summed E-state index contributed by atoms with van der Waals surface area (Å²) in [5.41, 5.74) is 11.9. The number of aliphatic hydroxyl groups is 2. The molecule has 2 bridgehead atoms. The summed E-state index contributed by atoms with van der Waals surface area (Å²) in [4.78, 5) is 35.6. The van der Waals surface area contributed by atoms with E-state index in [1.54, 1.807) is 4.57 Å². The van der Waals surface area contributed by atoms with Crippen molar-refractivity contribution in [3.05, 3.63) is 25.3 Å². The highest BCUT2D eigenvalue weighted by molar-refractivity contribution is 7.47. The summed E-state index contributed by atoms with van der Waals surface area (Å²) in [7, 11) is -8.21. The van der Waals surface area contributed by atoms with Gasteiger partial charge in [-0.1, -0.05) is 0 Å². The minimum Gasteiger partial charge on any atom is -0.388 e. The number of phosphoric acid groups is 1. The van der Waals surface area contributed by atoms with Crippen molar-refractivity contribution in [2.24, 2.45) is 11.3 Å². The van der Waals surface area contributed by atoms with E-state index in [0.717, 1.165) is 0 Å². The second-order valence-electron chi connectivity index (χ2n) is 11.2. The molecule has 2 aliphatic heterocycles. The van der Waals surface area contributed by atoms with Crippen molar-refractivity contribution in [3.8, 4) is 0 Å². The molecule has 11 atom stereocenters. The maximum atomic E-state index is 13.4. The summed E-state index contributed by atoms with van der Waals surface area (Å²) < 4.78 is 57.7. The van der Waals surface area contributed by atoms with Gasteiger partial charge in [0.1, 0.15) is 54.2 Å². The molecule has 0 radical (unpaired) electrons. The average molecular weight is 652 g/mol. The summed E-state index contributed by atoms with van der Waals surface area (Å²) in [6.07, 6.45) is -2.23. The summed E-state index contributed by atoms with van der Waals surface area (Å²) in [6, 6.07) is -0.681. The Morgan fingerprint density at radius 3 is 2.34 bits per heavy atom. The lowest BCUT2D eigenvalue weighted by molar-refractivity contribution is -0.0585. The van der Waals surface area contributed by atoms with Crippen molar-refractivity contribution in [1.82, 2.24) is 39.0 Å². The number of fused-ring (bicyclic) bond motifs is 4. The van der Waals surface area contributed by atoms with Crippen LogP contribution in [0.5, 0.6) is 0 Å². The molecule has 234 valence electrons. The molecule has 4 fully saturated rings. The molecule has 0 amide bonds. The summed E-state index contributed by atoms with van der Waals surface area (Å²) in [5, 5.41) is 22.5. The van der Waals surface area contributed by atoms with Crippen LogP contribution in [0, 0.1) is 11.3 Å². The first kappa shape index (κ1) is 28.3. The van der Waals surface area contributed by atoms with Crippen molar-refractivity contribution in [2.75, 3.05) is 24.7 Å². The van der Waals surface area contributed by atoms with Gasteiger partial charge in [0.25, 0.3) is 0 Å². The van der Waals surface area contributed by atoms with E-state index >= 15 is 0 Å². The quantitative estimate of drug-likeness (QED) is 0.168. The highest BCUT2D eigenvalue weighted by Crippen LogP contribution is 2.71. The Bertz CT molecular complexity index is 1860. The van der Waals surface area contributed by atoms with Gasteiger partial charge < -0.3 is 44.9 Å². The standard InChI is InChI=1S/C22H26N10O10P2/c23-17-10-19(27-4-25-17)31(6-29-10)12-8-1-22(8)3-39-44(36,37)42-15-13(33)9(2-38-43(35)41-16(22)14(12)34)40-21(15)32-7-30-11-18(24)26-5-28-20(11)32/h4-9,12-16,21,33-34,43H,1-3H2,(H,36,37)(H2,23,25,27)(H2,24,26,28)/t8-,9-,12-,13-,14+,15-,16+,21-,22+/m1/s1. The van der Waals surface area contributed by atoms with Crippen LogP contribution in [-0.2, 0) is 32.0 Å². The lowest BCUT2D eigenvalue weighted by atomic mass is 10.0. The van der Waals surface area contributed by atoms with Gasteiger partial charge in [0.05, 0.1) is 31.9 Å². The van der Waals surface area contributed by atoms with E-state index in [1.165, 1.54) is 29.9 Å². The van der Waals surface area contributed by atoms with Crippen molar-refractivity contribution >= 4 is 50.0 Å². The lowest BCUT2D eigenvalue weighted by Gasteiger charge is -2.29. The van der Waals surface area contributed by atoms with Gasteiger partial charge in [-0.25, -0.2) is 34.5 Å². The second kappa shape index (κ2) is 9.92. The number of nitrogens with two attached hydrogens (primary N) is 2. The summed E-state index contributed by atoms with van der Waals surface area (Å²) in [5.74, 6) is -0.123. The molecule has 4 aromatic rings. The van der Waals surface area contributed by atoms with Crippen LogP contribution in [0.4, 0.5) is 11.6 Å². The van der Waals surface area contributed by atoms with Gasteiger partial charge in [0, 0.05) is 5.41 Å². The van der Waals surface area contributed by atoms with Crippen molar-refractivity contribution in [3.63, 3.8) is 0 Å². The Hall–Kier alpha value is -3.16. The Morgan fingerprint density at radius 2 is 1.64 bits per heavy atom. The van der Waals surface area contributed by atoms with Gasteiger partial charge >= 0.3 is 16.1 Å². The molecule has 0 aromatic carbocycles. The zero-order chi connectivity index (χ0) is 30.5. The largest absolute Gasteiger partial charge is 0.472 e. The fraction of sp³-hybridized carbons (Fsp3) is 0.545. The molecule has 4 aliphatic rings. The molecule has 22 heteroatoms. The number of hydrogen-bond donors (Lipinski definition) is 5. The highest BCUT2D eigenvalue weighted by Gasteiger charge is 2.73. The monoisotopic (exact) mass is 652 g/mol. The molecule has 2 aliphatic carbocycles. The van der Waals surface area contributed by atoms with Gasteiger partial charge in [-0.2, -0.15) is 0 Å². The van der Waals surface area contributed by atoms with Gasteiger partial charge in [0.15, 0.2) is 29.2 Å². The van der Waals surface area contributed by atoms with Gasteiger partial charge in [0.2, 0.25) is 0 Å². The molecule has 2 saturated heterocycles. The second-order valence-corrected chi connectivity index (χ2v) is 13.6. The third-order valence-corrected chi connectivity index (χ3v) is 10.7. The molecule has 2 saturated carbocycles. The third-order valence-electron chi connectivity index (χ3n) is 8.84. The van der Waals surface area contributed by atoms with Crippen LogP contribution in [0.2, 0.25) is 0 Å². The number of nitrogen functional groups attached to an aromatic ring is 2. The number of phosphoric ester groups is 1. The number of aliphatic hydroxyl groups excluding tert-OH is 2. The topological polar surface area (TPSA) is 280 Å². The first-order chi connectivity index (χ1) is 21.1. The Morgan fingerprint density at radius 1 is 0.977 bits per heavy atom. The number of imidazole rings is 2. The van der Waals surface area contributed by atoms with Crippen LogP contribution in [0.25, 0.3) is 22.3 Å². The normalized spacial score (nSPS) is 40.7. The highest BCUT2D eigenvalue weighted by atomic mass is 31.2. The summed E-state index contributed by atoms with van der Waals surface area (Å²) >= 11 is 0. The Kier molecular flexibility index (Phi) is 6.39. The van der Waals surface area contributed by atoms with E-state index in [4.69, 9.17) is 34.3 Å². The van der Waals surface area contributed by atoms with E-state index in [2.05, 4.69) is 29.9 Å². The minimum absolute atomic E-state index is 0.0863. The molecule has 7 N–H and O–H groups in total. The lowest BCUT2D eigenvalue weighted by Crippen LogP contribution is -2.37. The van der Waals surface area contributed by atoms with E-state index in [-0.39, 0.29) is 28.7 Å². The molecule has 44 heavy (non-hydrogen) atoms. The van der Waals surface area contributed by atoms with E-state index < -0.39 is 77.5 Å². The Labute approximate surface area is 246 Å². The first-order valence-corrected chi connectivity index (χ1v) is 16.2. The number of rotatable bonds is 2. The van der Waals surface area contributed by atoms with Crippen molar-refractivity contribution < 1.29 is 47.1 Å². The van der Waals surface area contributed by atoms with Crippen molar-refractivity contribution in [2.45, 2.75) is 49.2 Å². The summed E-state index contributed by atoms with van der Waals surface area (Å²) in [6.45, 7) is -0.862. The van der Waals surface area contributed by atoms with E-state index in [9.17, 15) is 24.2 Å². The predicted molar refractivity (Wildman–Crippen MR) is 145 cm³/mol. The van der Waals surface area contributed by atoms with Crippen LogP contribution in [0.3, 0.4) is 0 Å². The van der Waals surface area contributed by atoms with Crippen LogP contribution in [-0.4, -0.2) is 97.9 Å². The molecule has 6 heterocycles. The molecule has 4 aromatic heterocycles. The molecular weight excluding hydrogens is 626 g/mol. The fourth-order valence-corrected chi connectivity index (χ4v) is 8.65. The average Bonchev–Trinajstić information content (AvgIpc) is 3.28. The molecule has 1 spiro atoms. The molecule has 8 rings (SSSR count). The van der Waals surface area contributed by atoms with Crippen LogP contribution < -0.4 is 11.5 Å². The van der Waals surface area contributed by atoms with Crippen molar-refractivity contribution in [1.29, 1.82) is 0 Å². The predicted octanol–water partition coefficient (Wildman–Crippen LogP) is -0.682. The zero-order valence-corrected chi connectivity index (χ0v) is 24.3. The number of hydrogen-bond acceptors (Lipinski definition) is 17. The smallest absolute Gasteiger partial charge is 0.388 e. The van der Waals surface area contributed by atoms with Crippen LogP contribution in [0.15, 0.2) is 25.3 Å². The number of ether oxygens (including phenoxy) is 1.